The number of nitrogens with zero attached hydrogens (tertiary/aromatic N) is 2. The third kappa shape index (κ3) is 4.58. The second-order valence-electron chi connectivity index (χ2n) is 7.90. The first kappa shape index (κ1) is 21.3. The van der Waals surface area contributed by atoms with Crippen molar-refractivity contribution >= 4 is 29.8 Å². The third-order valence-electron chi connectivity index (χ3n) is 4.47. The van der Waals surface area contributed by atoms with Gasteiger partial charge in [-0.2, -0.15) is 0 Å². The van der Waals surface area contributed by atoms with Gasteiger partial charge in [-0.3, -0.25) is 9.59 Å². The number of carbonyl (C=O) groups excluding carboxylic acids is 5. The minimum Gasteiger partial charge on any atom is -0.454 e. The maximum atomic E-state index is 12.2. The number of benzene rings is 1. The molecule has 0 radical (unpaired) electrons. The van der Waals surface area contributed by atoms with Crippen molar-refractivity contribution in [2.24, 2.45) is 0 Å². The van der Waals surface area contributed by atoms with E-state index in [0.29, 0.717) is 25.9 Å². The smallest absolute Gasteiger partial charge is 0.442 e. The molecule has 3 rings (SSSR count). The zero-order chi connectivity index (χ0) is 22.1. The average molecular weight is 418 g/mol. The summed E-state index contributed by atoms with van der Waals surface area (Å²) >= 11 is 0. The van der Waals surface area contributed by atoms with E-state index in [1.165, 1.54) is 17.0 Å². The van der Waals surface area contributed by atoms with Crippen LogP contribution in [0.2, 0.25) is 0 Å². The van der Waals surface area contributed by atoms with E-state index in [1.54, 1.807) is 32.9 Å². The number of piperidine rings is 1. The van der Waals surface area contributed by atoms with Crippen molar-refractivity contribution in [2.45, 2.75) is 45.3 Å². The number of esters is 1. The number of likely N-dealkylation sites (tertiary alicyclic amines) is 1. The first-order valence-electron chi connectivity index (χ1n) is 9.45. The molecule has 3 amide bonds. The summed E-state index contributed by atoms with van der Waals surface area (Å²) in [4.78, 5) is 66.6. The van der Waals surface area contributed by atoms with Crippen molar-refractivity contribution in [3.8, 4) is 0 Å². The molecule has 2 aliphatic heterocycles. The number of carbonyl (C=O) groups is 5. The van der Waals surface area contributed by atoms with E-state index in [2.05, 4.69) is 4.84 Å². The van der Waals surface area contributed by atoms with E-state index in [0.717, 1.165) is 0 Å². The zero-order valence-corrected chi connectivity index (χ0v) is 16.9. The predicted octanol–water partition coefficient (Wildman–Crippen LogP) is 1.68. The summed E-state index contributed by atoms with van der Waals surface area (Å²) in [5.41, 5.74) is -0.454. The Kier molecular flexibility index (Phi) is 5.77. The van der Waals surface area contributed by atoms with Gasteiger partial charge in [0.2, 0.25) is 0 Å². The molecule has 1 aromatic carbocycles. The first-order valence-corrected chi connectivity index (χ1v) is 9.45. The number of ether oxygens (including phenoxy) is 2. The summed E-state index contributed by atoms with van der Waals surface area (Å²) in [5.74, 6) is -4.45. The zero-order valence-electron chi connectivity index (χ0n) is 16.9. The summed E-state index contributed by atoms with van der Waals surface area (Å²) in [5, 5.41) is 0.249. The van der Waals surface area contributed by atoms with E-state index in [4.69, 9.17) is 9.47 Å². The monoisotopic (exact) mass is 418 g/mol. The largest absolute Gasteiger partial charge is 0.454 e. The van der Waals surface area contributed by atoms with Crippen molar-refractivity contribution in [2.75, 3.05) is 13.1 Å². The molecule has 1 saturated heterocycles. The van der Waals surface area contributed by atoms with Crippen molar-refractivity contribution in [1.82, 2.24) is 9.96 Å². The highest BCUT2D eigenvalue weighted by molar-refractivity contribution is 6.31. The van der Waals surface area contributed by atoms with Gasteiger partial charge >= 0.3 is 18.0 Å². The van der Waals surface area contributed by atoms with Gasteiger partial charge in [0.1, 0.15) is 11.7 Å². The molecule has 10 heteroatoms. The lowest BCUT2D eigenvalue weighted by molar-refractivity contribution is -0.186. The summed E-state index contributed by atoms with van der Waals surface area (Å²) < 4.78 is 10.4. The van der Waals surface area contributed by atoms with Crippen LogP contribution >= 0.6 is 0 Å². The fourth-order valence-corrected chi connectivity index (χ4v) is 3.05. The normalized spacial score (nSPS) is 16.9. The number of hydrogen-bond acceptors (Lipinski definition) is 8. The number of imide groups is 1. The Labute approximate surface area is 172 Å². The molecule has 10 nitrogen and oxygen atoms in total. The number of rotatable bonds is 2. The SMILES string of the molecule is CC(C)(C)OC(=O)N1CCC(OC(=O)C(=O)ON2C(=O)c3ccccc3C2=O)CC1. The first-order chi connectivity index (χ1) is 14.1. The molecule has 0 bridgehead atoms. The molecule has 160 valence electrons. The van der Waals surface area contributed by atoms with Gasteiger partial charge in [0, 0.05) is 25.9 Å². The average Bonchev–Trinajstić information content (AvgIpc) is 2.92. The number of hydroxylamine groups is 2. The van der Waals surface area contributed by atoms with E-state index in [1.807, 2.05) is 0 Å². The van der Waals surface area contributed by atoms with Crippen LogP contribution in [-0.4, -0.2) is 64.6 Å². The second-order valence-corrected chi connectivity index (χ2v) is 7.90. The van der Waals surface area contributed by atoms with Crippen LogP contribution in [0.3, 0.4) is 0 Å². The van der Waals surface area contributed by atoms with Gasteiger partial charge in [0.15, 0.2) is 0 Å². The standard InChI is InChI=1S/C20H22N2O8/c1-20(2,3)29-19(27)21-10-8-12(9-11-21)28-17(25)18(26)30-22-15(23)13-6-4-5-7-14(13)16(22)24/h4-7,12H,8-11H2,1-3H3. The lowest BCUT2D eigenvalue weighted by atomic mass is 10.1. The van der Waals surface area contributed by atoms with E-state index in [9.17, 15) is 24.0 Å². The molecule has 2 aliphatic rings. The van der Waals surface area contributed by atoms with Crippen molar-refractivity contribution in [3.05, 3.63) is 35.4 Å². The highest BCUT2D eigenvalue weighted by Gasteiger charge is 2.40. The maximum absolute atomic E-state index is 12.2. The van der Waals surface area contributed by atoms with Crippen LogP contribution in [0.5, 0.6) is 0 Å². The molecule has 0 aromatic heterocycles. The van der Waals surface area contributed by atoms with E-state index >= 15 is 0 Å². The fraction of sp³-hybridized carbons (Fsp3) is 0.450. The molecule has 0 atom stereocenters. The molecule has 0 unspecified atom stereocenters. The highest BCUT2D eigenvalue weighted by Crippen LogP contribution is 2.23. The molecule has 0 spiro atoms. The van der Waals surface area contributed by atoms with Gasteiger partial charge in [-0.25, -0.2) is 14.4 Å². The number of hydrogen-bond donors (Lipinski definition) is 0. The predicted molar refractivity (Wildman–Crippen MR) is 100.0 cm³/mol. The molecule has 1 fully saturated rings. The summed E-state index contributed by atoms with van der Waals surface area (Å²) in [6, 6.07) is 5.96. The maximum Gasteiger partial charge on any atom is 0.442 e. The van der Waals surface area contributed by atoms with Crippen molar-refractivity contribution < 1.29 is 38.3 Å². The Morgan fingerprint density at radius 1 is 0.933 bits per heavy atom. The number of amides is 3. The molecule has 0 saturated carbocycles. The molecular weight excluding hydrogens is 396 g/mol. The van der Waals surface area contributed by atoms with Gasteiger partial charge in [0.25, 0.3) is 11.8 Å². The molecule has 1 aromatic rings. The van der Waals surface area contributed by atoms with Crippen molar-refractivity contribution in [1.29, 1.82) is 0 Å². The van der Waals surface area contributed by atoms with Crippen LogP contribution in [0.4, 0.5) is 4.79 Å². The van der Waals surface area contributed by atoms with Crippen LogP contribution in [0, 0.1) is 0 Å². The third-order valence-corrected chi connectivity index (χ3v) is 4.47. The van der Waals surface area contributed by atoms with Crippen LogP contribution in [0.15, 0.2) is 24.3 Å². The Balaban J connectivity index is 1.49. The molecule has 30 heavy (non-hydrogen) atoms. The van der Waals surface area contributed by atoms with Crippen LogP contribution < -0.4 is 0 Å². The summed E-state index contributed by atoms with van der Waals surface area (Å²) in [6.45, 7) is 5.87. The minimum atomic E-state index is -1.47. The minimum absolute atomic E-state index is 0.0817. The summed E-state index contributed by atoms with van der Waals surface area (Å²) in [6.07, 6.45) is -0.445. The van der Waals surface area contributed by atoms with Gasteiger partial charge < -0.3 is 19.2 Å². The van der Waals surface area contributed by atoms with Crippen molar-refractivity contribution in [3.63, 3.8) is 0 Å². The molecular formula is C20H22N2O8. The topological polar surface area (TPSA) is 120 Å². The Hall–Kier alpha value is -3.43. The van der Waals surface area contributed by atoms with E-state index in [-0.39, 0.29) is 16.2 Å². The number of fused-ring (bicyclic) bond motifs is 1. The van der Waals surface area contributed by atoms with Gasteiger partial charge in [-0.15, -0.1) is 0 Å². The van der Waals surface area contributed by atoms with Crippen LogP contribution in [0.1, 0.15) is 54.3 Å². The van der Waals surface area contributed by atoms with E-state index < -0.39 is 41.6 Å². The molecule has 2 heterocycles. The highest BCUT2D eigenvalue weighted by atomic mass is 16.7. The van der Waals surface area contributed by atoms with Crippen LogP contribution in [-0.2, 0) is 23.9 Å². The molecule has 0 aliphatic carbocycles. The lowest BCUT2D eigenvalue weighted by Gasteiger charge is -2.33. The summed E-state index contributed by atoms with van der Waals surface area (Å²) in [7, 11) is 0. The Morgan fingerprint density at radius 3 is 1.97 bits per heavy atom. The van der Waals surface area contributed by atoms with Gasteiger partial charge in [0.05, 0.1) is 11.1 Å². The fourth-order valence-electron chi connectivity index (χ4n) is 3.05. The van der Waals surface area contributed by atoms with Gasteiger partial charge in [-0.05, 0) is 32.9 Å². The Bertz CT molecular complexity index is 861. The lowest BCUT2D eigenvalue weighted by Crippen LogP contribution is -2.44. The quantitative estimate of drug-likeness (QED) is 0.404. The Morgan fingerprint density at radius 2 is 1.47 bits per heavy atom. The van der Waals surface area contributed by atoms with Crippen LogP contribution in [0.25, 0.3) is 0 Å². The second kappa shape index (κ2) is 8.13. The van der Waals surface area contributed by atoms with Gasteiger partial charge in [-0.1, -0.05) is 17.2 Å². The molecule has 0 N–H and O–H groups in total.